The molecule has 0 atom stereocenters. The molecule has 0 saturated heterocycles. The first-order valence-electron chi connectivity index (χ1n) is 15.8. The molecule has 0 bridgehead atoms. The van der Waals surface area contributed by atoms with Crippen LogP contribution < -0.4 is 0 Å². The van der Waals surface area contributed by atoms with Gasteiger partial charge in [-0.2, -0.15) is 0 Å². The van der Waals surface area contributed by atoms with Crippen molar-refractivity contribution < 1.29 is 31.4 Å². The Morgan fingerprint density at radius 2 is 1.79 bits per heavy atom. The Morgan fingerprint density at radius 1 is 0.929 bits per heavy atom. The molecule has 2 aromatic carbocycles. The second-order valence-electron chi connectivity index (χ2n) is 10.8. The molecule has 0 fully saturated rings. The summed E-state index contributed by atoms with van der Waals surface area (Å²) < 4.78 is 46.9. The normalized spacial score (nSPS) is 13.8. The molecule has 7 rings (SSSR count). The number of nitrogens with zero attached hydrogens (tertiary/aromatic N) is 3. The Hall–Kier alpha value is -3.70. The first kappa shape index (κ1) is 23.8. The van der Waals surface area contributed by atoms with Crippen molar-refractivity contribution in [3.8, 4) is 22.5 Å². The number of aromatic nitrogens is 3. The molecule has 6 heteroatoms. The van der Waals surface area contributed by atoms with Gasteiger partial charge < -0.3 is 9.40 Å². The number of hydrogen-bond donors (Lipinski definition) is 0. The minimum atomic E-state index is -2.32. The van der Waals surface area contributed by atoms with E-state index in [1.165, 1.54) is 23.0 Å². The third-order valence-corrected chi connectivity index (χ3v) is 7.33. The summed E-state index contributed by atoms with van der Waals surface area (Å²) in [7, 11) is 0. The van der Waals surface area contributed by atoms with Gasteiger partial charge in [-0.3, -0.25) is 4.98 Å². The Morgan fingerprint density at radius 3 is 2.52 bits per heavy atom. The van der Waals surface area contributed by atoms with Gasteiger partial charge in [0, 0.05) is 49.1 Å². The van der Waals surface area contributed by atoms with Gasteiger partial charge in [0.05, 0.1) is 15.8 Å². The molecule has 7 aromatic rings. The van der Waals surface area contributed by atoms with Crippen molar-refractivity contribution >= 4 is 43.6 Å². The van der Waals surface area contributed by atoms with Crippen molar-refractivity contribution in [3.05, 3.63) is 113 Å². The van der Waals surface area contributed by atoms with Gasteiger partial charge in [-0.05, 0) is 66.8 Å². The number of hydrogen-bond acceptors (Lipinski definition) is 5. The minimum Gasteiger partial charge on any atom is -0.486 e. The molecule has 5 aromatic heterocycles. The van der Waals surface area contributed by atoms with Gasteiger partial charge in [-0.25, -0.2) is 4.98 Å². The van der Waals surface area contributed by atoms with Gasteiger partial charge in [-0.15, -0.1) is 65.4 Å². The number of fused-ring (bicyclic) bond motifs is 4. The average Bonchev–Trinajstić information content (AvgIpc) is 3.62. The molecule has 213 valence electrons. The standard InChI is InChI=1S/C24H21N2OS.C12H10N.Ir/c1-14-8-9-17-16-6-5-7-18(22(16)27-23(17)25-14)19-10-11-21-20(26-19)12-15(28-21)13-24(2,3)4;1-10-7-8-12(13-9-10)11-5-3-2-4-6-11;/h5-6,8-12H,13H2,1-4H3;2-5,7-9H,1H3;/q2*-1;/i1D3,13D2;;. The van der Waals surface area contributed by atoms with Crippen molar-refractivity contribution in [1.29, 1.82) is 0 Å². The summed E-state index contributed by atoms with van der Waals surface area (Å²) in [6.45, 7) is 5.38. The zero-order valence-corrected chi connectivity index (χ0v) is 26.8. The molecule has 42 heavy (non-hydrogen) atoms. The van der Waals surface area contributed by atoms with Crippen molar-refractivity contribution in [1.82, 2.24) is 15.0 Å². The van der Waals surface area contributed by atoms with Gasteiger partial charge in [-0.1, -0.05) is 49.9 Å². The number of aryl methyl sites for hydroxylation is 2. The first-order chi connectivity index (χ1) is 21.7. The zero-order valence-electron chi connectivity index (χ0n) is 28.6. The zero-order chi connectivity index (χ0) is 32.9. The van der Waals surface area contributed by atoms with Gasteiger partial charge in [0.25, 0.3) is 0 Å². The van der Waals surface area contributed by atoms with Gasteiger partial charge in [0.1, 0.15) is 0 Å². The smallest absolute Gasteiger partial charge is 0.216 e. The molecule has 0 N–H and O–H groups in total. The largest absolute Gasteiger partial charge is 0.486 e. The third-order valence-electron chi connectivity index (χ3n) is 6.32. The van der Waals surface area contributed by atoms with Gasteiger partial charge in [0.15, 0.2) is 0 Å². The molecule has 5 heterocycles. The Bertz CT molecular complexity index is 2170. The summed E-state index contributed by atoms with van der Waals surface area (Å²) in [5.74, 6) is 0. The maximum Gasteiger partial charge on any atom is 0.216 e. The molecular formula is C36H31IrN3OS-2. The molecule has 0 spiro atoms. The van der Waals surface area contributed by atoms with E-state index in [0.717, 1.165) is 26.7 Å². The van der Waals surface area contributed by atoms with E-state index in [1.807, 2.05) is 88.5 Å². The summed E-state index contributed by atoms with van der Waals surface area (Å²) in [5, 5.41) is 1.53. The van der Waals surface area contributed by atoms with Gasteiger partial charge >= 0.3 is 0 Å². The maximum atomic E-state index is 8.58. The average molecular weight is 751 g/mol. The van der Waals surface area contributed by atoms with Crippen molar-refractivity contribution in [2.75, 3.05) is 0 Å². The van der Waals surface area contributed by atoms with E-state index in [0.29, 0.717) is 27.2 Å². The predicted octanol–water partition coefficient (Wildman–Crippen LogP) is 9.81. The molecule has 0 aliphatic heterocycles. The van der Waals surface area contributed by atoms with Crippen molar-refractivity contribution in [2.45, 2.75) is 40.9 Å². The number of thiophene rings is 1. The Labute approximate surface area is 271 Å². The fourth-order valence-electron chi connectivity index (χ4n) is 4.49. The van der Waals surface area contributed by atoms with Crippen molar-refractivity contribution in [3.63, 3.8) is 0 Å². The molecule has 1 radical (unpaired) electrons. The molecule has 0 saturated carbocycles. The van der Waals surface area contributed by atoms with E-state index >= 15 is 0 Å². The number of benzene rings is 2. The molecular weight excluding hydrogens is 715 g/mol. The monoisotopic (exact) mass is 751 g/mol. The number of pyridine rings is 3. The SMILES string of the molecule is Cc1ccc(-c2[c-]cccc2)nc1.[2H]C([2H])([2H])c1ccc2c(n1)oc1c(-c3ccc4sc(C([2H])([2H])C(C)(C)C)cc4n3)[c-]ccc12.[Ir]. The Kier molecular flexibility index (Phi) is 6.96. The fourth-order valence-corrected chi connectivity index (χ4v) is 5.60. The van der Waals surface area contributed by atoms with E-state index in [1.54, 1.807) is 12.1 Å². The van der Waals surface area contributed by atoms with Crippen LogP contribution in [0.2, 0.25) is 0 Å². The van der Waals surface area contributed by atoms with Crippen LogP contribution in [0.1, 0.15) is 43.8 Å². The Balaban J connectivity index is 0.000000260. The van der Waals surface area contributed by atoms with Crippen LogP contribution in [0, 0.1) is 31.3 Å². The van der Waals surface area contributed by atoms with E-state index in [-0.39, 0.29) is 31.5 Å². The number of furan rings is 1. The number of rotatable bonds is 3. The second kappa shape index (κ2) is 12.3. The van der Waals surface area contributed by atoms with Crippen LogP contribution in [0.15, 0.2) is 89.5 Å². The van der Waals surface area contributed by atoms with Crippen LogP contribution in [-0.4, -0.2) is 15.0 Å². The molecule has 0 amide bonds. The predicted molar refractivity (Wildman–Crippen MR) is 170 cm³/mol. The van der Waals surface area contributed by atoms with Gasteiger partial charge in [0.2, 0.25) is 5.71 Å². The van der Waals surface area contributed by atoms with Crippen LogP contribution in [0.4, 0.5) is 0 Å². The van der Waals surface area contributed by atoms with Crippen LogP contribution in [0.25, 0.3) is 54.8 Å². The van der Waals surface area contributed by atoms with Crippen LogP contribution in [0.3, 0.4) is 0 Å². The van der Waals surface area contributed by atoms with Crippen LogP contribution >= 0.6 is 11.3 Å². The second-order valence-corrected chi connectivity index (χ2v) is 11.9. The summed E-state index contributed by atoms with van der Waals surface area (Å²) >= 11 is 1.41. The molecule has 0 aliphatic carbocycles. The van der Waals surface area contributed by atoms with E-state index in [9.17, 15) is 0 Å². The van der Waals surface area contributed by atoms with E-state index in [2.05, 4.69) is 28.2 Å². The first-order valence-corrected chi connectivity index (χ1v) is 14.1. The molecule has 0 unspecified atom stereocenters. The summed E-state index contributed by atoms with van der Waals surface area (Å²) in [6.07, 6.45) is 0.381. The quantitative estimate of drug-likeness (QED) is 0.169. The summed E-state index contributed by atoms with van der Waals surface area (Å²) in [4.78, 5) is 14.0. The summed E-state index contributed by atoms with van der Waals surface area (Å²) in [5.41, 5.74) is 5.44. The maximum absolute atomic E-state index is 8.58. The summed E-state index contributed by atoms with van der Waals surface area (Å²) in [6, 6.07) is 30.8. The third kappa shape index (κ3) is 6.52. The van der Waals surface area contributed by atoms with Crippen molar-refractivity contribution in [2.24, 2.45) is 5.41 Å². The van der Waals surface area contributed by atoms with Crippen LogP contribution in [0.5, 0.6) is 0 Å². The van der Waals surface area contributed by atoms with E-state index in [4.69, 9.17) is 16.3 Å². The molecule has 4 nitrogen and oxygen atoms in total. The van der Waals surface area contributed by atoms with E-state index < -0.39 is 18.6 Å². The topological polar surface area (TPSA) is 51.8 Å². The molecule has 0 aliphatic rings. The minimum absolute atomic E-state index is 0. The fraction of sp³-hybridized carbons (Fsp3) is 0.194. The van der Waals surface area contributed by atoms with Crippen LogP contribution in [-0.2, 0) is 26.5 Å².